The first kappa shape index (κ1) is 14.9. The number of nitrogens with one attached hydrogen (secondary N) is 1. The highest BCUT2D eigenvalue weighted by atomic mass is 16.5. The van der Waals surface area contributed by atoms with Crippen molar-refractivity contribution in [3.8, 4) is 0 Å². The quantitative estimate of drug-likeness (QED) is 0.778. The highest BCUT2D eigenvalue weighted by Gasteiger charge is 2.13. The van der Waals surface area contributed by atoms with Crippen molar-refractivity contribution in [2.75, 3.05) is 37.7 Å². The number of rotatable bonds is 6. The summed E-state index contributed by atoms with van der Waals surface area (Å²) in [7, 11) is 1.93. The van der Waals surface area contributed by atoms with Gasteiger partial charge in [0.1, 0.15) is 0 Å². The van der Waals surface area contributed by atoms with Crippen molar-refractivity contribution >= 4 is 5.95 Å². The van der Waals surface area contributed by atoms with Crippen LogP contribution in [0.1, 0.15) is 11.1 Å². The van der Waals surface area contributed by atoms with Crippen molar-refractivity contribution in [1.29, 1.82) is 0 Å². The molecule has 3 heterocycles. The minimum absolute atomic E-state index is 0.751. The molecule has 7 heteroatoms. The van der Waals surface area contributed by atoms with Crippen LogP contribution in [0, 0.1) is 0 Å². The van der Waals surface area contributed by atoms with Crippen molar-refractivity contribution in [2.24, 2.45) is 7.05 Å². The van der Waals surface area contributed by atoms with Crippen LogP contribution in [0.3, 0.4) is 0 Å². The molecule has 2 aromatic heterocycles. The molecule has 0 amide bonds. The van der Waals surface area contributed by atoms with Gasteiger partial charge in [-0.2, -0.15) is 5.10 Å². The summed E-state index contributed by atoms with van der Waals surface area (Å²) in [6.45, 7) is 4.92. The lowest BCUT2D eigenvalue weighted by Crippen LogP contribution is -2.37. The number of ether oxygens (including phenoxy) is 1. The molecule has 0 saturated carbocycles. The van der Waals surface area contributed by atoms with E-state index in [-0.39, 0.29) is 0 Å². The predicted molar refractivity (Wildman–Crippen MR) is 83.7 cm³/mol. The van der Waals surface area contributed by atoms with Gasteiger partial charge in [0.2, 0.25) is 5.95 Å². The van der Waals surface area contributed by atoms with Crippen molar-refractivity contribution in [3.05, 3.63) is 35.9 Å². The Bertz CT molecular complexity index is 576. The van der Waals surface area contributed by atoms with Gasteiger partial charge >= 0.3 is 0 Å². The summed E-state index contributed by atoms with van der Waals surface area (Å²) >= 11 is 0. The molecule has 0 unspecified atom stereocenters. The van der Waals surface area contributed by atoms with Crippen LogP contribution in [0.25, 0.3) is 0 Å². The zero-order chi connectivity index (χ0) is 15.2. The van der Waals surface area contributed by atoms with E-state index in [9.17, 15) is 0 Å². The molecule has 1 aliphatic rings. The Balaban J connectivity index is 1.42. The molecule has 0 aromatic carbocycles. The number of anilines is 1. The minimum Gasteiger partial charge on any atom is -0.378 e. The summed E-state index contributed by atoms with van der Waals surface area (Å²) in [5.74, 6) is 0.794. The van der Waals surface area contributed by atoms with E-state index >= 15 is 0 Å². The first-order valence-corrected chi connectivity index (χ1v) is 7.63. The second-order valence-electron chi connectivity index (χ2n) is 5.44. The Morgan fingerprint density at radius 3 is 2.59 bits per heavy atom. The number of aryl methyl sites for hydroxylation is 1. The maximum absolute atomic E-state index is 5.34. The van der Waals surface area contributed by atoms with Gasteiger partial charge in [0.25, 0.3) is 0 Å². The lowest BCUT2D eigenvalue weighted by Gasteiger charge is -2.26. The molecular formula is C15H22N6O. The van der Waals surface area contributed by atoms with Crippen LogP contribution in [0.2, 0.25) is 0 Å². The Kier molecular flexibility index (Phi) is 4.97. The Morgan fingerprint density at radius 1 is 1.14 bits per heavy atom. The molecule has 1 saturated heterocycles. The molecule has 0 bridgehead atoms. The molecule has 0 aliphatic carbocycles. The molecule has 22 heavy (non-hydrogen) atoms. The number of hydrogen-bond donors (Lipinski definition) is 1. The summed E-state index contributed by atoms with van der Waals surface area (Å²) in [5.41, 5.74) is 2.34. The van der Waals surface area contributed by atoms with E-state index in [1.54, 1.807) is 0 Å². The fourth-order valence-electron chi connectivity index (χ4n) is 2.43. The van der Waals surface area contributed by atoms with E-state index in [4.69, 9.17) is 4.74 Å². The van der Waals surface area contributed by atoms with Crippen LogP contribution in [-0.2, 0) is 24.8 Å². The van der Waals surface area contributed by atoms with Gasteiger partial charge in [0.05, 0.1) is 19.4 Å². The SMILES string of the molecule is Cn1cc(CCNCc2cnc(N3CCOCC3)nc2)cn1. The fourth-order valence-corrected chi connectivity index (χ4v) is 2.43. The van der Waals surface area contributed by atoms with Crippen LogP contribution in [-0.4, -0.2) is 52.6 Å². The zero-order valence-electron chi connectivity index (χ0n) is 12.9. The number of aromatic nitrogens is 4. The summed E-state index contributed by atoms with van der Waals surface area (Å²) < 4.78 is 7.16. The number of morpholine rings is 1. The highest BCUT2D eigenvalue weighted by Crippen LogP contribution is 2.09. The third-order valence-corrected chi connectivity index (χ3v) is 3.66. The second kappa shape index (κ2) is 7.33. The van der Waals surface area contributed by atoms with E-state index in [0.717, 1.165) is 57.3 Å². The van der Waals surface area contributed by atoms with Gasteiger partial charge in [-0.3, -0.25) is 4.68 Å². The van der Waals surface area contributed by atoms with Crippen molar-refractivity contribution in [1.82, 2.24) is 25.1 Å². The molecule has 1 aliphatic heterocycles. The normalized spacial score (nSPS) is 15.2. The van der Waals surface area contributed by atoms with Crippen molar-refractivity contribution in [2.45, 2.75) is 13.0 Å². The lowest BCUT2D eigenvalue weighted by atomic mass is 10.2. The summed E-state index contributed by atoms with van der Waals surface area (Å²) in [6.07, 6.45) is 8.72. The van der Waals surface area contributed by atoms with Crippen LogP contribution < -0.4 is 10.2 Å². The van der Waals surface area contributed by atoms with Crippen LogP contribution >= 0.6 is 0 Å². The van der Waals surface area contributed by atoms with E-state index in [1.165, 1.54) is 5.56 Å². The van der Waals surface area contributed by atoms with Crippen molar-refractivity contribution in [3.63, 3.8) is 0 Å². The molecule has 7 nitrogen and oxygen atoms in total. The van der Waals surface area contributed by atoms with Gasteiger partial charge < -0.3 is 15.0 Å². The topological polar surface area (TPSA) is 68.1 Å². The van der Waals surface area contributed by atoms with Crippen LogP contribution in [0.5, 0.6) is 0 Å². The fraction of sp³-hybridized carbons (Fsp3) is 0.533. The molecular weight excluding hydrogens is 280 g/mol. The van der Waals surface area contributed by atoms with E-state index < -0.39 is 0 Å². The van der Waals surface area contributed by atoms with E-state index in [1.807, 2.05) is 36.5 Å². The summed E-state index contributed by atoms with van der Waals surface area (Å²) in [6, 6.07) is 0. The lowest BCUT2D eigenvalue weighted by molar-refractivity contribution is 0.122. The Labute approximate surface area is 130 Å². The average Bonchev–Trinajstić information content (AvgIpc) is 2.98. The molecule has 1 fully saturated rings. The largest absolute Gasteiger partial charge is 0.378 e. The maximum atomic E-state index is 5.34. The van der Waals surface area contributed by atoms with Gasteiger partial charge in [-0.1, -0.05) is 0 Å². The second-order valence-corrected chi connectivity index (χ2v) is 5.44. The molecule has 0 radical (unpaired) electrons. The zero-order valence-corrected chi connectivity index (χ0v) is 12.9. The molecule has 1 N–H and O–H groups in total. The van der Waals surface area contributed by atoms with Crippen molar-refractivity contribution < 1.29 is 4.74 Å². The molecule has 0 spiro atoms. The van der Waals surface area contributed by atoms with Gasteiger partial charge in [-0.05, 0) is 18.5 Å². The van der Waals surface area contributed by atoms with Gasteiger partial charge in [-0.25, -0.2) is 9.97 Å². The first-order valence-electron chi connectivity index (χ1n) is 7.63. The van der Waals surface area contributed by atoms with Gasteiger partial charge in [0, 0.05) is 50.8 Å². The number of hydrogen-bond acceptors (Lipinski definition) is 6. The third kappa shape index (κ3) is 4.02. The maximum Gasteiger partial charge on any atom is 0.225 e. The molecule has 118 valence electrons. The standard InChI is InChI=1S/C15H22N6O/c1-20-12-13(11-19-20)2-3-16-8-14-9-17-15(18-10-14)21-4-6-22-7-5-21/h9-12,16H,2-8H2,1H3. The molecule has 3 rings (SSSR count). The monoisotopic (exact) mass is 302 g/mol. The summed E-state index contributed by atoms with van der Waals surface area (Å²) in [4.78, 5) is 11.1. The van der Waals surface area contributed by atoms with Gasteiger partial charge in [0.15, 0.2) is 0 Å². The average molecular weight is 302 g/mol. The van der Waals surface area contributed by atoms with E-state index in [0.29, 0.717) is 0 Å². The smallest absolute Gasteiger partial charge is 0.225 e. The van der Waals surface area contributed by atoms with Gasteiger partial charge in [-0.15, -0.1) is 0 Å². The molecule has 2 aromatic rings. The highest BCUT2D eigenvalue weighted by molar-refractivity contribution is 5.30. The Hall–Kier alpha value is -1.99. The van der Waals surface area contributed by atoms with Crippen LogP contribution in [0.15, 0.2) is 24.8 Å². The Morgan fingerprint density at radius 2 is 1.91 bits per heavy atom. The summed E-state index contributed by atoms with van der Waals surface area (Å²) in [5, 5.41) is 7.57. The number of nitrogens with zero attached hydrogens (tertiary/aromatic N) is 5. The van der Waals surface area contributed by atoms with Crippen LogP contribution in [0.4, 0.5) is 5.95 Å². The predicted octanol–water partition coefficient (Wildman–Crippen LogP) is 0.379. The first-order chi connectivity index (χ1) is 10.8. The molecule has 0 atom stereocenters. The van der Waals surface area contributed by atoms with E-state index in [2.05, 4.69) is 25.3 Å². The minimum atomic E-state index is 0.751. The third-order valence-electron chi connectivity index (χ3n) is 3.66.